The number of hydrogen-bond acceptors (Lipinski definition) is 5. The third-order valence-electron chi connectivity index (χ3n) is 4.58. The molecule has 0 saturated carbocycles. The van der Waals surface area contributed by atoms with Crippen LogP contribution in [0, 0.1) is 5.82 Å². The van der Waals surface area contributed by atoms with Crippen LogP contribution in [0.3, 0.4) is 0 Å². The van der Waals surface area contributed by atoms with E-state index in [2.05, 4.69) is 16.0 Å². The summed E-state index contributed by atoms with van der Waals surface area (Å²) in [5, 5.41) is 7.81. The van der Waals surface area contributed by atoms with Gasteiger partial charge in [0.2, 0.25) is 5.91 Å². The van der Waals surface area contributed by atoms with Crippen LogP contribution in [0.4, 0.5) is 15.8 Å². The zero-order valence-corrected chi connectivity index (χ0v) is 18.0. The van der Waals surface area contributed by atoms with Gasteiger partial charge in [0.25, 0.3) is 11.8 Å². The number of amides is 3. The van der Waals surface area contributed by atoms with Gasteiger partial charge < -0.3 is 25.4 Å². The molecule has 0 aliphatic heterocycles. The molecule has 170 valence electrons. The predicted molar refractivity (Wildman–Crippen MR) is 121 cm³/mol. The maximum Gasteiger partial charge on any atom is 0.255 e. The number of nitrogens with one attached hydrogen (secondary N) is 3. The first-order valence-corrected chi connectivity index (χ1v) is 9.86. The Labute approximate surface area is 189 Å². The Morgan fingerprint density at radius 1 is 0.818 bits per heavy atom. The van der Waals surface area contributed by atoms with E-state index < -0.39 is 23.5 Å². The van der Waals surface area contributed by atoms with Gasteiger partial charge in [0.1, 0.15) is 17.3 Å². The number of anilines is 2. The monoisotopic (exact) mass is 451 g/mol. The highest BCUT2D eigenvalue weighted by Gasteiger charge is 2.13. The molecular weight excluding hydrogens is 429 g/mol. The molecule has 0 bridgehead atoms. The summed E-state index contributed by atoms with van der Waals surface area (Å²) in [5.74, 6) is -0.986. The minimum absolute atomic E-state index is 0.132. The van der Waals surface area contributed by atoms with Crippen molar-refractivity contribution in [1.82, 2.24) is 5.32 Å². The topological polar surface area (TPSA) is 106 Å². The van der Waals surface area contributed by atoms with E-state index in [0.717, 1.165) is 6.07 Å². The Kier molecular flexibility index (Phi) is 7.59. The molecule has 0 saturated heterocycles. The summed E-state index contributed by atoms with van der Waals surface area (Å²) in [6.07, 6.45) is 0. The second-order valence-corrected chi connectivity index (χ2v) is 6.84. The molecule has 0 aliphatic carbocycles. The summed E-state index contributed by atoms with van der Waals surface area (Å²) in [4.78, 5) is 36.9. The summed E-state index contributed by atoms with van der Waals surface area (Å²) >= 11 is 0. The zero-order valence-electron chi connectivity index (χ0n) is 18.0. The average Bonchev–Trinajstić information content (AvgIpc) is 2.82. The smallest absolute Gasteiger partial charge is 0.255 e. The van der Waals surface area contributed by atoms with Crippen LogP contribution in [0.1, 0.15) is 20.7 Å². The minimum atomic E-state index is -0.539. The maximum absolute atomic E-state index is 13.4. The fraction of sp³-hybridized carbons (Fsp3) is 0.125. The summed E-state index contributed by atoms with van der Waals surface area (Å²) in [6, 6.07) is 16.4. The molecule has 0 radical (unpaired) electrons. The van der Waals surface area contributed by atoms with E-state index in [9.17, 15) is 18.8 Å². The Morgan fingerprint density at radius 3 is 2.24 bits per heavy atom. The summed E-state index contributed by atoms with van der Waals surface area (Å²) in [6.45, 7) is -0.262. The highest BCUT2D eigenvalue weighted by molar-refractivity contribution is 6.05. The van der Waals surface area contributed by atoms with E-state index in [-0.39, 0.29) is 17.8 Å². The largest absolute Gasteiger partial charge is 0.497 e. The molecular formula is C24H22FN3O5. The first kappa shape index (κ1) is 23.3. The molecule has 0 aliphatic rings. The molecule has 8 nitrogen and oxygen atoms in total. The van der Waals surface area contributed by atoms with Crippen molar-refractivity contribution < 1.29 is 28.2 Å². The van der Waals surface area contributed by atoms with Crippen LogP contribution in [0.2, 0.25) is 0 Å². The van der Waals surface area contributed by atoms with Gasteiger partial charge in [0, 0.05) is 16.8 Å². The van der Waals surface area contributed by atoms with Crippen molar-refractivity contribution in [3.8, 4) is 11.5 Å². The van der Waals surface area contributed by atoms with E-state index in [4.69, 9.17) is 9.47 Å². The van der Waals surface area contributed by atoms with Gasteiger partial charge in [-0.1, -0.05) is 6.07 Å². The molecule has 3 rings (SSSR count). The molecule has 0 spiro atoms. The number of ether oxygens (including phenoxy) is 2. The lowest BCUT2D eigenvalue weighted by molar-refractivity contribution is -0.115. The Bertz CT molecular complexity index is 1170. The van der Waals surface area contributed by atoms with Gasteiger partial charge in [-0.15, -0.1) is 0 Å². The Morgan fingerprint density at radius 2 is 1.58 bits per heavy atom. The van der Waals surface area contributed by atoms with Gasteiger partial charge in [-0.25, -0.2) is 4.39 Å². The number of methoxy groups -OCH3 is 2. The third kappa shape index (κ3) is 6.30. The van der Waals surface area contributed by atoms with E-state index in [0.29, 0.717) is 22.7 Å². The lowest BCUT2D eigenvalue weighted by Crippen LogP contribution is -2.32. The van der Waals surface area contributed by atoms with Crippen molar-refractivity contribution >= 4 is 29.1 Å². The highest BCUT2D eigenvalue weighted by atomic mass is 19.1. The average molecular weight is 451 g/mol. The van der Waals surface area contributed by atoms with Gasteiger partial charge in [-0.05, 0) is 60.7 Å². The van der Waals surface area contributed by atoms with E-state index in [1.165, 1.54) is 38.5 Å². The summed E-state index contributed by atoms with van der Waals surface area (Å²) < 4.78 is 23.7. The molecule has 0 atom stereocenters. The van der Waals surface area contributed by atoms with E-state index in [1.54, 1.807) is 36.4 Å². The number of rotatable bonds is 8. The highest BCUT2D eigenvalue weighted by Crippen LogP contribution is 2.28. The minimum Gasteiger partial charge on any atom is -0.497 e. The quantitative estimate of drug-likeness (QED) is 0.486. The molecule has 0 aromatic heterocycles. The van der Waals surface area contributed by atoms with Crippen LogP contribution < -0.4 is 25.4 Å². The maximum atomic E-state index is 13.4. The van der Waals surface area contributed by atoms with Gasteiger partial charge in [0.05, 0.1) is 26.5 Å². The second-order valence-electron chi connectivity index (χ2n) is 6.84. The molecule has 3 aromatic carbocycles. The lowest BCUT2D eigenvalue weighted by Gasteiger charge is -2.13. The number of hydrogen-bond donors (Lipinski definition) is 3. The fourth-order valence-electron chi connectivity index (χ4n) is 2.92. The molecule has 3 N–H and O–H groups in total. The van der Waals surface area contributed by atoms with Crippen molar-refractivity contribution in [2.24, 2.45) is 0 Å². The van der Waals surface area contributed by atoms with Crippen LogP contribution in [0.15, 0.2) is 66.7 Å². The third-order valence-corrected chi connectivity index (χ3v) is 4.58. The van der Waals surface area contributed by atoms with Crippen LogP contribution in [0.25, 0.3) is 0 Å². The van der Waals surface area contributed by atoms with Crippen LogP contribution in [0.5, 0.6) is 11.5 Å². The number of halogens is 1. The first-order valence-electron chi connectivity index (χ1n) is 9.86. The molecule has 0 heterocycles. The lowest BCUT2D eigenvalue weighted by atomic mass is 10.2. The molecule has 3 aromatic rings. The van der Waals surface area contributed by atoms with Crippen LogP contribution in [-0.2, 0) is 4.79 Å². The zero-order chi connectivity index (χ0) is 23.8. The van der Waals surface area contributed by atoms with Crippen molar-refractivity contribution in [2.45, 2.75) is 0 Å². The standard InChI is InChI=1S/C24H22FN3O5/c1-32-19-9-6-15(7-10-19)23(30)26-14-22(29)27-18-8-11-21(33-2)20(13-18)28-24(31)16-4-3-5-17(25)12-16/h3-13H,14H2,1-2H3,(H,26,30)(H,27,29)(H,28,31). The molecule has 9 heteroatoms. The molecule has 33 heavy (non-hydrogen) atoms. The van der Waals surface area contributed by atoms with Gasteiger partial charge >= 0.3 is 0 Å². The van der Waals surface area contributed by atoms with Crippen molar-refractivity contribution in [3.05, 3.63) is 83.7 Å². The van der Waals surface area contributed by atoms with Crippen molar-refractivity contribution in [3.63, 3.8) is 0 Å². The normalized spacial score (nSPS) is 10.2. The van der Waals surface area contributed by atoms with Crippen LogP contribution in [-0.4, -0.2) is 38.5 Å². The number of benzene rings is 3. The van der Waals surface area contributed by atoms with E-state index in [1.807, 2.05) is 0 Å². The number of carbonyl (C=O) groups is 3. The Hall–Kier alpha value is -4.40. The summed E-state index contributed by atoms with van der Waals surface area (Å²) in [7, 11) is 2.96. The summed E-state index contributed by atoms with van der Waals surface area (Å²) in [5.41, 5.74) is 1.17. The fourth-order valence-corrected chi connectivity index (χ4v) is 2.92. The molecule has 0 fully saturated rings. The first-order chi connectivity index (χ1) is 15.9. The SMILES string of the molecule is COc1ccc(C(=O)NCC(=O)Nc2ccc(OC)c(NC(=O)c3cccc(F)c3)c2)cc1. The van der Waals surface area contributed by atoms with Crippen LogP contribution >= 0.6 is 0 Å². The number of carbonyl (C=O) groups excluding carboxylic acids is 3. The van der Waals surface area contributed by atoms with Crippen molar-refractivity contribution in [2.75, 3.05) is 31.4 Å². The Balaban J connectivity index is 1.62. The van der Waals surface area contributed by atoms with Gasteiger partial charge in [0.15, 0.2) is 0 Å². The molecule has 3 amide bonds. The van der Waals surface area contributed by atoms with Crippen molar-refractivity contribution in [1.29, 1.82) is 0 Å². The molecule has 0 unspecified atom stereocenters. The van der Waals surface area contributed by atoms with Gasteiger partial charge in [-0.2, -0.15) is 0 Å². The van der Waals surface area contributed by atoms with E-state index >= 15 is 0 Å². The second kappa shape index (κ2) is 10.8. The predicted octanol–water partition coefficient (Wildman–Crippen LogP) is 3.46. The van der Waals surface area contributed by atoms with Gasteiger partial charge in [-0.3, -0.25) is 14.4 Å².